The van der Waals surface area contributed by atoms with Crippen LogP contribution in [0.2, 0.25) is 0 Å². The van der Waals surface area contributed by atoms with Gasteiger partial charge < -0.3 is 0 Å². The summed E-state index contributed by atoms with van der Waals surface area (Å²) in [4.78, 5) is 0. The van der Waals surface area contributed by atoms with Crippen LogP contribution in [0.1, 0.15) is 22.3 Å². The molecule has 0 amide bonds. The van der Waals surface area contributed by atoms with E-state index in [-0.39, 0.29) is 23.1 Å². The van der Waals surface area contributed by atoms with Crippen LogP contribution in [0.15, 0.2) is 97.1 Å². The Bertz CT molecular complexity index is 1020. The van der Waals surface area contributed by atoms with Gasteiger partial charge in [0.1, 0.15) is 0 Å². The zero-order valence-corrected chi connectivity index (χ0v) is 17.9. The Morgan fingerprint density at radius 2 is 0.897 bits per heavy atom. The second kappa shape index (κ2) is 8.81. The van der Waals surface area contributed by atoms with Gasteiger partial charge in [0.05, 0.1) is 0 Å². The normalized spacial score (nSPS) is 13.2. The maximum atomic E-state index is 2.30. The van der Waals surface area contributed by atoms with Crippen LogP contribution in [-0.2, 0) is 12.8 Å². The van der Waals surface area contributed by atoms with Crippen LogP contribution in [0, 0.1) is 12.8 Å². The fourth-order valence-electron chi connectivity index (χ4n) is 4.01. The number of hydrogen-bond donors (Lipinski definition) is 0. The fraction of sp³-hybridized carbons (Fsp3) is 0.0714. The van der Waals surface area contributed by atoms with Gasteiger partial charge in [0.25, 0.3) is 0 Å². The molecule has 0 heterocycles. The molecule has 4 aromatic carbocycles. The predicted octanol–water partition coefficient (Wildman–Crippen LogP) is 6.63. The van der Waals surface area contributed by atoms with Crippen molar-refractivity contribution < 1.29 is 0 Å². The van der Waals surface area contributed by atoms with Crippen molar-refractivity contribution in [1.82, 2.24) is 0 Å². The van der Waals surface area contributed by atoms with E-state index in [1.807, 2.05) is 0 Å². The summed E-state index contributed by atoms with van der Waals surface area (Å²) in [5.74, 6) is 0. The van der Waals surface area contributed by atoms with Gasteiger partial charge in [-0.2, -0.15) is 12.2 Å². The number of allylic oxidation sites excluding steroid dienone is 4. The third kappa shape index (κ3) is 4.22. The van der Waals surface area contributed by atoms with E-state index in [2.05, 4.69) is 110 Å². The minimum absolute atomic E-state index is 0. The van der Waals surface area contributed by atoms with E-state index >= 15 is 0 Å². The zero-order valence-electron chi connectivity index (χ0n) is 16.5. The molecule has 2 aliphatic carbocycles. The van der Waals surface area contributed by atoms with Gasteiger partial charge in [-0.1, -0.05) is 84.3 Å². The zero-order chi connectivity index (χ0) is 18.8. The summed E-state index contributed by atoms with van der Waals surface area (Å²) in [6, 6.07) is 26.2. The predicted molar refractivity (Wildman–Crippen MR) is 126 cm³/mol. The number of fused-ring (bicyclic) bond motifs is 4. The first-order valence-electron chi connectivity index (χ1n) is 9.90. The monoisotopic (exact) mass is 382 g/mol. The Hall–Kier alpha value is -2.61. The maximum Gasteiger partial charge on any atom is 2.00 e. The molecule has 0 unspecified atom stereocenters. The van der Waals surface area contributed by atoms with E-state index in [1.54, 1.807) is 0 Å². The van der Waals surface area contributed by atoms with Gasteiger partial charge in [0.2, 0.25) is 0 Å². The minimum atomic E-state index is 0. The first kappa shape index (κ1) is 19.7. The van der Waals surface area contributed by atoms with Crippen molar-refractivity contribution >= 4 is 44.6 Å². The molecule has 0 spiro atoms. The number of hydrogen-bond acceptors (Lipinski definition) is 0. The Labute approximate surface area is 189 Å². The molecule has 0 fully saturated rings. The molecular weight excluding hydrogens is 361 g/mol. The third-order valence-corrected chi connectivity index (χ3v) is 5.51. The Kier molecular flexibility index (Phi) is 5.98. The molecule has 2 aliphatic rings. The van der Waals surface area contributed by atoms with E-state index in [1.165, 1.54) is 43.8 Å². The van der Waals surface area contributed by atoms with E-state index in [9.17, 15) is 0 Å². The molecule has 0 saturated carbocycles. The summed E-state index contributed by atoms with van der Waals surface area (Å²) in [5.41, 5.74) is 5.61. The molecular formula is C28H22Mg. The molecule has 1 heteroatoms. The number of benzene rings is 4. The third-order valence-electron chi connectivity index (χ3n) is 5.51. The van der Waals surface area contributed by atoms with Crippen molar-refractivity contribution in [3.63, 3.8) is 0 Å². The first-order chi connectivity index (χ1) is 13.9. The van der Waals surface area contributed by atoms with Gasteiger partial charge in [-0.3, -0.25) is 0 Å². The summed E-state index contributed by atoms with van der Waals surface area (Å²) in [5, 5.41) is 5.35. The summed E-state index contributed by atoms with van der Waals surface area (Å²) in [6.07, 6.45) is 15.2. The van der Waals surface area contributed by atoms with Crippen molar-refractivity contribution in [2.45, 2.75) is 12.8 Å². The molecule has 4 aromatic rings. The van der Waals surface area contributed by atoms with E-state index in [0.717, 1.165) is 12.8 Å². The topological polar surface area (TPSA) is 0 Å². The Morgan fingerprint density at radius 1 is 0.517 bits per heavy atom. The van der Waals surface area contributed by atoms with Crippen LogP contribution in [0.5, 0.6) is 0 Å². The summed E-state index contributed by atoms with van der Waals surface area (Å²) in [6.45, 7) is 0. The van der Waals surface area contributed by atoms with Crippen LogP contribution in [0.25, 0.3) is 21.5 Å². The van der Waals surface area contributed by atoms with Gasteiger partial charge in [-0.15, -0.1) is 59.4 Å². The van der Waals surface area contributed by atoms with Gasteiger partial charge in [0, 0.05) is 0 Å². The average molecular weight is 383 g/mol. The minimum Gasteiger partial charge on any atom is -0.159 e. The molecule has 0 atom stereocenters. The van der Waals surface area contributed by atoms with Gasteiger partial charge in [-0.25, -0.2) is 0 Å². The second-order valence-corrected chi connectivity index (χ2v) is 7.39. The molecule has 0 aliphatic heterocycles. The van der Waals surface area contributed by atoms with Crippen molar-refractivity contribution in [3.8, 4) is 0 Å². The van der Waals surface area contributed by atoms with Gasteiger partial charge in [0.15, 0.2) is 0 Å². The van der Waals surface area contributed by atoms with E-state index < -0.39 is 0 Å². The van der Waals surface area contributed by atoms with Crippen molar-refractivity contribution in [2.75, 3.05) is 0 Å². The van der Waals surface area contributed by atoms with E-state index in [0.29, 0.717) is 0 Å². The van der Waals surface area contributed by atoms with Crippen LogP contribution in [0.3, 0.4) is 0 Å². The Balaban J connectivity index is 0.000000137. The molecule has 136 valence electrons. The van der Waals surface area contributed by atoms with Crippen LogP contribution in [-0.4, -0.2) is 23.1 Å². The first-order valence-corrected chi connectivity index (χ1v) is 9.90. The average Bonchev–Trinajstić information content (AvgIpc) is 2.76. The van der Waals surface area contributed by atoms with Crippen LogP contribution < -0.4 is 0 Å². The molecule has 0 saturated heterocycles. The van der Waals surface area contributed by atoms with Gasteiger partial charge in [-0.05, 0) is 10.8 Å². The molecule has 6 rings (SSSR count). The SMILES string of the molecule is C1=CCc2cc3ccccc3cc2[CH-]1.C1=CCc2cc3ccccc3cc2[CH-]1.[Mg+2]. The maximum absolute atomic E-state index is 2.30. The molecule has 0 N–H and O–H groups in total. The smallest absolute Gasteiger partial charge is 0.159 e. The quantitative estimate of drug-likeness (QED) is 0.236. The molecule has 0 aromatic heterocycles. The second-order valence-electron chi connectivity index (χ2n) is 7.39. The summed E-state index contributed by atoms with van der Waals surface area (Å²) >= 11 is 0. The van der Waals surface area contributed by atoms with Crippen molar-refractivity contribution in [2.24, 2.45) is 0 Å². The Morgan fingerprint density at radius 3 is 1.31 bits per heavy atom. The largest absolute Gasteiger partial charge is 2.00 e. The van der Waals surface area contributed by atoms with Crippen LogP contribution >= 0.6 is 0 Å². The summed E-state index contributed by atoms with van der Waals surface area (Å²) < 4.78 is 0. The molecule has 0 radical (unpaired) electrons. The molecule has 0 bridgehead atoms. The van der Waals surface area contributed by atoms with Gasteiger partial charge >= 0.3 is 23.1 Å². The van der Waals surface area contributed by atoms with E-state index in [4.69, 9.17) is 0 Å². The molecule has 0 nitrogen and oxygen atoms in total. The van der Waals surface area contributed by atoms with Crippen molar-refractivity contribution in [1.29, 1.82) is 0 Å². The number of rotatable bonds is 0. The fourth-order valence-corrected chi connectivity index (χ4v) is 4.01. The summed E-state index contributed by atoms with van der Waals surface area (Å²) in [7, 11) is 0. The van der Waals surface area contributed by atoms with Crippen molar-refractivity contribution in [3.05, 3.63) is 132 Å². The van der Waals surface area contributed by atoms with Crippen LogP contribution in [0.4, 0.5) is 0 Å². The standard InChI is InChI=1S/2C14H11.Mg/c2*1-2-6-12-10-14-8-4-3-7-13(14)9-11(12)5-1;/h2*1-7,9-10H,8H2;/q2*-1;+2. The molecule has 29 heavy (non-hydrogen) atoms.